The molecule has 4 heteroatoms. The summed E-state index contributed by atoms with van der Waals surface area (Å²) in [5.41, 5.74) is 2.63. The Hall–Kier alpha value is -1.81. The van der Waals surface area contributed by atoms with E-state index >= 15 is 0 Å². The second kappa shape index (κ2) is 5.38. The molecule has 1 aromatic rings. The van der Waals surface area contributed by atoms with Crippen molar-refractivity contribution < 1.29 is 19.1 Å². The van der Waals surface area contributed by atoms with E-state index in [4.69, 9.17) is 9.15 Å². The molecule has 1 aliphatic heterocycles. The van der Waals surface area contributed by atoms with Gasteiger partial charge in [0.1, 0.15) is 6.10 Å². The first-order valence-corrected chi connectivity index (χ1v) is 8.40. The van der Waals surface area contributed by atoms with Crippen LogP contribution in [-0.2, 0) is 9.53 Å². The summed E-state index contributed by atoms with van der Waals surface area (Å²) in [6.07, 6.45) is 10.8. The molecule has 0 saturated carbocycles. The maximum Gasteiger partial charge on any atom is 0.313 e. The Kier molecular flexibility index (Phi) is 3.45. The van der Waals surface area contributed by atoms with Gasteiger partial charge in [-0.2, -0.15) is 0 Å². The molecule has 2 heterocycles. The summed E-state index contributed by atoms with van der Waals surface area (Å²) in [5, 5.41) is 9.66. The number of aliphatic hydroxyl groups excluding tert-OH is 1. The molecular formula is C19H22O4. The van der Waals surface area contributed by atoms with Crippen molar-refractivity contribution in [1.82, 2.24) is 0 Å². The molecule has 1 spiro atoms. The summed E-state index contributed by atoms with van der Waals surface area (Å²) >= 11 is 0. The quantitative estimate of drug-likeness (QED) is 0.848. The van der Waals surface area contributed by atoms with Crippen LogP contribution in [0, 0.1) is 17.3 Å². The lowest BCUT2D eigenvalue weighted by atomic mass is 9.56. The summed E-state index contributed by atoms with van der Waals surface area (Å²) in [6, 6.07) is 1.88. The van der Waals surface area contributed by atoms with E-state index in [0.717, 1.165) is 30.4 Å². The van der Waals surface area contributed by atoms with Crippen LogP contribution in [0.1, 0.15) is 44.3 Å². The Bertz CT molecular complexity index is 670. The smallest absolute Gasteiger partial charge is 0.313 e. The number of carbonyl (C=O) groups is 1. The zero-order valence-electron chi connectivity index (χ0n) is 13.3. The molecule has 2 aliphatic carbocycles. The number of furan rings is 1. The van der Waals surface area contributed by atoms with E-state index in [0.29, 0.717) is 6.42 Å². The van der Waals surface area contributed by atoms with Gasteiger partial charge in [-0.15, -0.1) is 0 Å². The van der Waals surface area contributed by atoms with Gasteiger partial charge in [0, 0.05) is 17.9 Å². The van der Waals surface area contributed by atoms with Gasteiger partial charge in [-0.3, -0.25) is 4.79 Å². The van der Waals surface area contributed by atoms with Gasteiger partial charge in [0.25, 0.3) is 0 Å². The Morgan fingerprint density at radius 2 is 2.26 bits per heavy atom. The first-order valence-electron chi connectivity index (χ1n) is 8.40. The van der Waals surface area contributed by atoms with Crippen LogP contribution in [0.15, 0.2) is 46.3 Å². The topological polar surface area (TPSA) is 59.7 Å². The van der Waals surface area contributed by atoms with Crippen molar-refractivity contribution in [2.75, 3.05) is 6.61 Å². The van der Waals surface area contributed by atoms with E-state index in [2.05, 4.69) is 19.1 Å². The van der Waals surface area contributed by atoms with Gasteiger partial charge < -0.3 is 14.3 Å². The number of cyclic esters (lactones) is 1. The lowest BCUT2D eigenvalue weighted by molar-refractivity contribution is -0.154. The van der Waals surface area contributed by atoms with E-state index in [1.165, 1.54) is 5.57 Å². The Morgan fingerprint density at radius 3 is 3.00 bits per heavy atom. The Labute approximate surface area is 135 Å². The molecule has 0 radical (unpaired) electrons. The summed E-state index contributed by atoms with van der Waals surface area (Å²) in [7, 11) is 0. The van der Waals surface area contributed by atoms with Gasteiger partial charge in [-0.25, -0.2) is 0 Å². The van der Waals surface area contributed by atoms with Gasteiger partial charge in [0.2, 0.25) is 0 Å². The third-order valence-electron chi connectivity index (χ3n) is 6.02. The van der Waals surface area contributed by atoms with Gasteiger partial charge in [-0.1, -0.05) is 19.1 Å². The average Bonchev–Trinajstić information content (AvgIpc) is 3.20. The predicted octanol–water partition coefficient (Wildman–Crippen LogP) is 3.55. The van der Waals surface area contributed by atoms with Crippen LogP contribution in [-0.4, -0.2) is 17.7 Å². The summed E-state index contributed by atoms with van der Waals surface area (Å²) < 4.78 is 10.9. The fraction of sp³-hybridized carbons (Fsp3) is 0.526. The number of allylic oxidation sites excluding steroid dienone is 2. The molecule has 1 saturated heterocycles. The maximum absolute atomic E-state index is 13.0. The number of esters is 1. The van der Waals surface area contributed by atoms with Crippen molar-refractivity contribution in [3.8, 4) is 0 Å². The molecule has 4 nitrogen and oxygen atoms in total. The van der Waals surface area contributed by atoms with E-state index in [-0.39, 0.29) is 30.5 Å². The van der Waals surface area contributed by atoms with Crippen LogP contribution in [0.5, 0.6) is 0 Å². The number of carbonyl (C=O) groups excluding carboxylic acids is 1. The molecule has 3 aliphatic rings. The van der Waals surface area contributed by atoms with Gasteiger partial charge in [0.15, 0.2) is 0 Å². The van der Waals surface area contributed by atoms with Crippen LogP contribution in [0.4, 0.5) is 0 Å². The molecule has 1 aromatic heterocycles. The van der Waals surface area contributed by atoms with Crippen molar-refractivity contribution >= 4 is 5.97 Å². The van der Waals surface area contributed by atoms with Crippen LogP contribution < -0.4 is 0 Å². The van der Waals surface area contributed by atoms with Gasteiger partial charge in [-0.05, 0) is 42.4 Å². The van der Waals surface area contributed by atoms with Gasteiger partial charge in [0.05, 0.1) is 24.5 Å². The first-order chi connectivity index (χ1) is 11.2. The second-order valence-corrected chi connectivity index (χ2v) is 7.01. The summed E-state index contributed by atoms with van der Waals surface area (Å²) in [6.45, 7) is 2.20. The highest BCUT2D eigenvalue weighted by molar-refractivity contribution is 5.81. The van der Waals surface area contributed by atoms with Crippen LogP contribution in [0.2, 0.25) is 0 Å². The van der Waals surface area contributed by atoms with Crippen LogP contribution >= 0.6 is 0 Å². The fourth-order valence-corrected chi connectivity index (χ4v) is 4.74. The van der Waals surface area contributed by atoms with Crippen molar-refractivity contribution in [1.29, 1.82) is 0 Å². The normalized spacial score (nSPS) is 36.4. The SMILES string of the molecule is C[C@@H]1CC=C2C(CO)=CCC[C@@H]2[C@@]12C[C@@H](c1ccoc1)OC2=O. The molecule has 4 atom stereocenters. The van der Waals surface area contributed by atoms with E-state index < -0.39 is 5.41 Å². The Balaban J connectivity index is 1.73. The standard InChI is InChI=1S/C19H22O4/c1-12-5-6-15-13(10-20)3-2-4-16(15)19(12)9-17(23-18(19)21)14-7-8-22-11-14/h3,6-8,11-12,16-17,20H,2,4-5,9-10H2,1H3/t12-,16+,17+,19-/m1/s1. The number of ether oxygens (including phenoxy) is 1. The minimum atomic E-state index is -0.472. The van der Waals surface area contributed by atoms with Crippen molar-refractivity contribution in [3.05, 3.63) is 47.5 Å². The number of rotatable bonds is 2. The Morgan fingerprint density at radius 1 is 1.39 bits per heavy atom. The summed E-state index contributed by atoms with van der Waals surface area (Å²) in [5.74, 6) is 0.326. The third-order valence-corrected chi connectivity index (χ3v) is 6.02. The lowest BCUT2D eigenvalue weighted by Gasteiger charge is -2.45. The van der Waals surface area contributed by atoms with Crippen LogP contribution in [0.3, 0.4) is 0 Å². The van der Waals surface area contributed by atoms with E-state index in [1.54, 1.807) is 12.5 Å². The van der Waals surface area contributed by atoms with E-state index in [9.17, 15) is 9.90 Å². The first kappa shape index (κ1) is 14.8. The van der Waals surface area contributed by atoms with E-state index in [1.807, 2.05) is 6.07 Å². The predicted molar refractivity (Wildman–Crippen MR) is 84.3 cm³/mol. The highest BCUT2D eigenvalue weighted by Gasteiger charge is 2.59. The maximum atomic E-state index is 13.0. The molecule has 0 aromatic carbocycles. The molecule has 0 unspecified atom stereocenters. The molecular weight excluding hydrogens is 292 g/mol. The lowest BCUT2D eigenvalue weighted by Crippen LogP contribution is -2.45. The number of hydrogen-bond acceptors (Lipinski definition) is 4. The molecule has 23 heavy (non-hydrogen) atoms. The summed E-state index contributed by atoms with van der Waals surface area (Å²) in [4.78, 5) is 13.0. The zero-order chi connectivity index (χ0) is 16.0. The van der Waals surface area contributed by atoms with Crippen molar-refractivity contribution in [3.63, 3.8) is 0 Å². The molecule has 4 rings (SSSR count). The highest BCUT2D eigenvalue weighted by atomic mass is 16.6. The molecule has 0 amide bonds. The second-order valence-electron chi connectivity index (χ2n) is 7.01. The highest BCUT2D eigenvalue weighted by Crippen LogP contribution is 2.59. The van der Waals surface area contributed by atoms with Crippen molar-refractivity contribution in [2.24, 2.45) is 17.3 Å². The number of aliphatic hydroxyl groups is 1. The molecule has 122 valence electrons. The number of hydrogen-bond donors (Lipinski definition) is 1. The molecule has 1 N–H and O–H groups in total. The van der Waals surface area contributed by atoms with Gasteiger partial charge >= 0.3 is 5.97 Å². The minimum absolute atomic E-state index is 0.0486. The fourth-order valence-electron chi connectivity index (χ4n) is 4.74. The molecule has 0 bridgehead atoms. The minimum Gasteiger partial charge on any atom is -0.472 e. The number of fused-ring (bicyclic) bond motifs is 2. The molecule has 1 fully saturated rings. The zero-order valence-corrected chi connectivity index (χ0v) is 13.3. The largest absolute Gasteiger partial charge is 0.472 e. The van der Waals surface area contributed by atoms with Crippen LogP contribution in [0.25, 0.3) is 0 Å². The third kappa shape index (κ3) is 2.04. The monoisotopic (exact) mass is 314 g/mol. The van der Waals surface area contributed by atoms with Crippen molar-refractivity contribution in [2.45, 2.75) is 38.7 Å². The average molecular weight is 314 g/mol.